The Balaban J connectivity index is 1.25. The van der Waals surface area contributed by atoms with Crippen LogP contribution in [0.1, 0.15) is 70.8 Å². The molecule has 3 atom stereocenters. The quantitative estimate of drug-likeness (QED) is 0.261. The highest BCUT2D eigenvalue weighted by Crippen LogP contribution is 2.41. The fourth-order valence-electron chi connectivity index (χ4n) is 5.46. The van der Waals surface area contributed by atoms with E-state index in [0.717, 1.165) is 48.2 Å². The van der Waals surface area contributed by atoms with Crippen LogP contribution in [-0.4, -0.2) is 23.7 Å². The van der Waals surface area contributed by atoms with Crippen LogP contribution < -0.4 is 10.1 Å². The lowest BCUT2D eigenvalue weighted by atomic mass is 9.82. The van der Waals surface area contributed by atoms with Crippen molar-refractivity contribution >= 4 is 16.7 Å². The zero-order chi connectivity index (χ0) is 25.1. The highest BCUT2D eigenvalue weighted by Gasteiger charge is 2.29. The van der Waals surface area contributed by atoms with Crippen molar-refractivity contribution in [2.75, 3.05) is 6.54 Å². The molecule has 0 saturated heterocycles. The number of benzene rings is 4. The van der Waals surface area contributed by atoms with E-state index in [4.69, 9.17) is 4.74 Å². The van der Waals surface area contributed by atoms with Crippen molar-refractivity contribution in [3.05, 3.63) is 113 Å². The molecule has 1 aliphatic rings. The van der Waals surface area contributed by atoms with Gasteiger partial charge in [0.2, 0.25) is 0 Å². The molecule has 0 amide bonds. The topological polar surface area (TPSA) is 58.6 Å². The minimum Gasteiger partial charge on any atom is -0.490 e. The van der Waals surface area contributed by atoms with Gasteiger partial charge in [0.25, 0.3) is 0 Å². The molecular formula is C32H33NO3. The number of aromatic carboxylic acids is 1. The summed E-state index contributed by atoms with van der Waals surface area (Å²) in [7, 11) is 0. The Kier molecular flexibility index (Phi) is 7.06. The van der Waals surface area contributed by atoms with Gasteiger partial charge in [-0.25, -0.2) is 4.79 Å². The Morgan fingerprint density at radius 1 is 1.03 bits per heavy atom. The van der Waals surface area contributed by atoms with Crippen molar-refractivity contribution in [1.82, 2.24) is 5.32 Å². The molecule has 0 saturated carbocycles. The molecule has 0 bridgehead atoms. The molecule has 4 aromatic carbocycles. The molecule has 1 aliphatic heterocycles. The summed E-state index contributed by atoms with van der Waals surface area (Å²) >= 11 is 0. The van der Waals surface area contributed by atoms with Gasteiger partial charge in [-0.05, 0) is 79.3 Å². The molecular weight excluding hydrogens is 446 g/mol. The van der Waals surface area contributed by atoms with Crippen LogP contribution in [0.4, 0.5) is 0 Å². The molecule has 4 nitrogen and oxygen atoms in total. The molecule has 4 aromatic rings. The molecule has 36 heavy (non-hydrogen) atoms. The molecule has 184 valence electrons. The van der Waals surface area contributed by atoms with E-state index >= 15 is 0 Å². The lowest BCUT2D eigenvalue weighted by Crippen LogP contribution is -2.28. The number of fused-ring (bicyclic) bond motifs is 2. The zero-order valence-electron chi connectivity index (χ0n) is 20.9. The smallest absolute Gasteiger partial charge is 0.335 e. The summed E-state index contributed by atoms with van der Waals surface area (Å²) in [5, 5.41) is 15.9. The van der Waals surface area contributed by atoms with E-state index in [1.165, 1.54) is 16.3 Å². The van der Waals surface area contributed by atoms with Crippen molar-refractivity contribution in [2.45, 2.75) is 51.2 Å². The van der Waals surface area contributed by atoms with Crippen LogP contribution >= 0.6 is 0 Å². The lowest BCUT2D eigenvalue weighted by molar-refractivity contribution is 0.0696. The normalized spacial score (nSPS) is 17.8. The Labute approximate surface area is 212 Å². The fraction of sp³-hybridized carbons (Fsp3) is 0.281. The molecule has 0 fully saturated rings. The van der Waals surface area contributed by atoms with E-state index in [1.807, 2.05) is 37.3 Å². The number of hydrogen-bond acceptors (Lipinski definition) is 3. The molecule has 0 radical (unpaired) electrons. The summed E-state index contributed by atoms with van der Waals surface area (Å²) in [6, 6.07) is 29.3. The molecule has 0 aliphatic carbocycles. The molecule has 2 N–H and O–H groups in total. The third-order valence-corrected chi connectivity index (χ3v) is 7.42. The van der Waals surface area contributed by atoms with Gasteiger partial charge in [0.15, 0.2) is 0 Å². The predicted molar refractivity (Wildman–Crippen MR) is 145 cm³/mol. The Hall–Kier alpha value is -3.63. The van der Waals surface area contributed by atoms with Crippen LogP contribution in [-0.2, 0) is 0 Å². The highest BCUT2D eigenvalue weighted by molar-refractivity contribution is 5.89. The van der Waals surface area contributed by atoms with Crippen LogP contribution in [0.25, 0.3) is 10.8 Å². The number of para-hydroxylation sites is 1. The van der Waals surface area contributed by atoms with Gasteiger partial charge in [-0.1, -0.05) is 72.8 Å². The lowest BCUT2D eigenvalue weighted by Gasteiger charge is -2.33. The van der Waals surface area contributed by atoms with Gasteiger partial charge in [0, 0.05) is 17.5 Å². The number of ether oxygens (including phenoxy) is 1. The van der Waals surface area contributed by atoms with Crippen LogP contribution in [0, 0.1) is 6.92 Å². The molecule has 4 heteroatoms. The van der Waals surface area contributed by atoms with E-state index in [-0.39, 0.29) is 18.1 Å². The monoisotopic (exact) mass is 479 g/mol. The van der Waals surface area contributed by atoms with Crippen LogP contribution in [0.15, 0.2) is 84.9 Å². The number of carboxylic acid groups (broad SMARTS) is 1. The first-order valence-electron chi connectivity index (χ1n) is 12.8. The van der Waals surface area contributed by atoms with Gasteiger partial charge >= 0.3 is 5.97 Å². The molecule has 0 unspecified atom stereocenters. The van der Waals surface area contributed by atoms with Gasteiger partial charge in [0.05, 0.1) is 11.7 Å². The Morgan fingerprint density at radius 2 is 1.81 bits per heavy atom. The first-order chi connectivity index (χ1) is 17.5. The number of nitrogens with one attached hydrogen (secondary N) is 1. The van der Waals surface area contributed by atoms with Gasteiger partial charge in [-0.15, -0.1) is 0 Å². The third-order valence-electron chi connectivity index (χ3n) is 7.42. The number of hydrogen-bond donors (Lipinski definition) is 2. The summed E-state index contributed by atoms with van der Waals surface area (Å²) in [6.45, 7) is 4.98. The molecule has 0 aromatic heterocycles. The number of carboxylic acids is 1. The SMILES string of the molecule is Cc1ccc([C@H]2C[C@@H](CCCN[C@H](C)c3cccc4ccccc34)Oc3ccccc32)cc1C(=O)O. The largest absolute Gasteiger partial charge is 0.490 e. The maximum atomic E-state index is 11.7. The fourth-order valence-corrected chi connectivity index (χ4v) is 5.46. The predicted octanol–water partition coefficient (Wildman–Crippen LogP) is 7.26. The first-order valence-corrected chi connectivity index (χ1v) is 12.8. The van der Waals surface area contributed by atoms with Gasteiger partial charge < -0.3 is 15.2 Å². The maximum absolute atomic E-state index is 11.7. The highest BCUT2D eigenvalue weighted by atomic mass is 16.5. The number of aryl methyl sites for hydroxylation is 1. The van der Waals surface area contributed by atoms with Crippen LogP contribution in [0.5, 0.6) is 5.75 Å². The number of rotatable bonds is 8. The van der Waals surface area contributed by atoms with E-state index in [1.54, 1.807) is 0 Å². The average Bonchev–Trinajstić information content (AvgIpc) is 2.90. The Bertz CT molecular complexity index is 1370. The summed E-state index contributed by atoms with van der Waals surface area (Å²) in [5.41, 5.74) is 4.66. The second kappa shape index (κ2) is 10.5. The van der Waals surface area contributed by atoms with Gasteiger partial charge in [-0.3, -0.25) is 0 Å². The van der Waals surface area contributed by atoms with Crippen molar-refractivity contribution < 1.29 is 14.6 Å². The van der Waals surface area contributed by atoms with Crippen molar-refractivity contribution in [3.63, 3.8) is 0 Å². The van der Waals surface area contributed by atoms with Gasteiger partial charge in [-0.2, -0.15) is 0 Å². The van der Waals surface area contributed by atoms with Crippen molar-refractivity contribution in [3.8, 4) is 5.75 Å². The van der Waals surface area contributed by atoms with Gasteiger partial charge in [0.1, 0.15) is 5.75 Å². The van der Waals surface area contributed by atoms with E-state index in [0.29, 0.717) is 5.56 Å². The molecule has 1 heterocycles. The first kappa shape index (κ1) is 24.1. The molecule has 5 rings (SSSR count). The Morgan fingerprint density at radius 3 is 2.67 bits per heavy atom. The number of carbonyl (C=O) groups is 1. The molecule has 0 spiro atoms. The van der Waals surface area contributed by atoms with E-state index in [9.17, 15) is 9.90 Å². The zero-order valence-corrected chi connectivity index (χ0v) is 20.9. The standard InChI is InChI=1S/C32H33NO3/c1-21-16-17-24(19-29(21)32(34)35)30-20-25(36-31-15-6-5-13-28(30)31)11-8-18-33-22(2)26-14-7-10-23-9-3-4-12-27(23)26/h3-7,9-10,12-17,19,22,25,30,33H,8,11,18,20H2,1-2H3,(H,34,35)/t22-,25-,30-/m1/s1. The average molecular weight is 480 g/mol. The minimum atomic E-state index is -0.877. The van der Waals surface area contributed by atoms with Crippen LogP contribution in [0.3, 0.4) is 0 Å². The van der Waals surface area contributed by atoms with E-state index < -0.39 is 5.97 Å². The second-order valence-corrected chi connectivity index (χ2v) is 9.83. The van der Waals surface area contributed by atoms with Crippen LogP contribution in [0.2, 0.25) is 0 Å². The summed E-state index contributed by atoms with van der Waals surface area (Å²) < 4.78 is 6.39. The minimum absolute atomic E-state index is 0.0918. The summed E-state index contributed by atoms with van der Waals surface area (Å²) in [5.74, 6) is 0.159. The third kappa shape index (κ3) is 5.00. The van der Waals surface area contributed by atoms with E-state index in [2.05, 4.69) is 66.8 Å². The second-order valence-electron chi connectivity index (χ2n) is 9.83. The van der Waals surface area contributed by atoms with Crippen molar-refractivity contribution in [1.29, 1.82) is 0 Å². The maximum Gasteiger partial charge on any atom is 0.335 e. The summed E-state index contributed by atoms with van der Waals surface area (Å²) in [6.07, 6.45) is 2.88. The van der Waals surface area contributed by atoms with Crippen molar-refractivity contribution in [2.24, 2.45) is 0 Å². The summed E-state index contributed by atoms with van der Waals surface area (Å²) in [4.78, 5) is 11.7.